The molecule has 0 saturated carbocycles. The van der Waals surface area contributed by atoms with Gasteiger partial charge in [-0.3, -0.25) is 0 Å². The van der Waals surface area contributed by atoms with Gasteiger partial charge in [0.25, 0.3) is 0 Å². The molecule has 0 atom stereocenters. The number of rotatable bonds is 6. The van der Waals surface area contributed by atoms with Crippen LogP contribution in [0.25, 0.3) is 0 Å². The van der Waals surface area contributed by atoms with Gasteiger partial charge in [0.2, 0.25) is 0 Å². The molecule has 0 radical (unpaired) electrons. The van der Waals surface area contributed by atoms with E-state index in [-0.39, 0.29) is 11.1 Å². The highest BCUT2D eigenvalue weighted by Gasteiger charge is 2.32. The van der Waals surface area contributed by atoms with Gasteiger partial charge in [-0.1, -0.05) is 6.92 Å². The molecule has 6 nitrogen and oxygen atoms in total. The Balaban J connectivity index is 1.83. The van der Waals surface area contributed by atoms with Crippen molar-refractivity contribution in [3.63, 3.8) is 0 Å². The van der Waals surface area contributed by atoms with Crippen molar-refractivity contribution in [1.82, 2.24) is 26.6 Å². The Morgan fingerprint density at radius 3 is 1.90 bits per heavy atom. The minimum Gasteiger partial charge on any atom is -0.323 e. The van der Waals surface area contributed by atoms with Crippen LogP contribution < -0.4 is 32.3 Å². The molecular formula is C15H34N6. The van der Waals surface area contributed by atoms with Crippen molar-refractivity contribution >= 4 is 0 Å². The SMILES string of the molecule is CCNC1(CCCC2(N)CNCCNC2)CNCCNC1. The summed E-state index contributed by atoms with van der Waals surface area (Å²) >= 11 is 0. The Bertz CT molecular complexity index is 280. The van der Waals surface area contributed by atoms with Gasteiger partial charge in [0.1, 0.15) is 0 Å². The molecule has 0 aromatic heterocycles. The summed E-state index contributed by atoms with van der Waals surface area (Å²) in [6, 6.07) is 0. The summed E-state index contributed by atoms with van der Waals surface area (Å²) < 4.78 is 0. The Morgan fingerprint density at radius 2 is 1.38 bits per heavy atom. The number of hydrogen-bond acceptors (Lipinski definition) is 6. The predicted molar refractivity (Wildman–Crippen MR) is 88.7 cm³/mol. The maximum atomic E-state index is 6.55. The van der Waals surface area contributed by atoms with Crippen LogP contribution in [0.3, 0.4) is 0 Å². The maximum Gasteiger partial charge on any atom is 0.0432 e. The number of nitrogens with two attached hydrogens (primary N) is 1. The summed E-state index contributed by atoms with van der Waals surface area (Å²) in [5.74, 6) is 0. The van der Waals surface area contributed by atoms with Crippen LogP contribution in [0, 0.1) is 0 Å². The van der Waals surface area contributed by atoms with E-state index in [2.05, 4.69) is 33.5 Å². The minimum absolute atomic E-state index is 0.102. The third-order valence-electron chi connectivity index (χ3n) is 4.72. The van der Waals surface area contributed by atoms with Gasteiger partial charge in [0.05, 0.1) is 0 Å². The van der Waals surface area contributed by atoms with Crippen LogP contribution in [0.2, 0.25) is 0 Å². The van der Waals surface area contributed by atoms with E-state index in [1.807, 2.05) is 0 Å². The van der Waals surface area contributed by atoms with E-state index in [4.69, 9.17) is 5.73 Å². The standard InChI is InChI=1S/C15H34N6/c1-2-21-15(12-19-8-9-20-13-15)5-3-4-14(16)10-17-6-7-18-11-14/h17-21H,2-13,16H2,1H3. The second-order valence-corrected chi connectivity index (χ2v) is 6.73. The van der Waals surface area contributed by atoms with Gasteiger partial charge in [-0.2, -0.15) is 0 Å². The highest BCUT2D eigenvalue weighted by Crippen LogP contribution is 2.18. The lowest BCUT2D eigenvalue weighted by atomic mass is 9.87. The third kappa shape index (κ3) is 5.47. The Morgan fingerprint density at radius 1 is 0.857 bits per heavy atom. The summed E-state index contributed by atoms with van der Waals surface area (Å²) in [7, 11) is 0. The van der Waals surface area contributed by atoms with Crippen LogP contribution in [0.4, 0.5) is 0 Å². The summed E-state index contributed by atoms with van der Waals surface area (Å²) in [6.07, 6.45) is 3.40. The average molecular weight is 298 g/mol. The normalized spacial score (nSPS) is 26.0. The molecule has 0 bridgehead atoms. The molecule has 124 valence electrons. The molecule has 6 heteroatoms. The molecule has 0 aromatic rings. The second-order valence-electron chi connectivity index (χ2n) is 6.73. The third-order valence-corrected chi connectivity index (χ3v) is 4.72. The lowest BCUT2D eigenvalue weighted by Gasteiger charge is -2.35. The molecular weight excluding hydrogens is 264 g/mol. The zero-order valence-electron chi connectivity index (χ0n) is 13.6. The largest absolute Gasteiger partial charge is 0.323 e. The van der Waals surface area contributed by atoms with E-state index in [9.17, 15) is 0 Å². The first-order valence-corrected chi connectivity index (χ1v) is 8.55. The van der Waals surface area contributed by atoms with Crippen molar-refractivity contribution in [1.29, 1.82) is 0 Å². The molecule has 0 amide bonds. The molecule has 2 rings (SSSR count). The van der Waals surface area contributed by atoms with Crippen molar-refractivity contribution in [2.45, 2.75) is 37.3 Å². The van der Waals surface area contributed by atoms with Gasteiger partial charge >= 0.3 is 0 Å². The average Bonchev–Trinajstić information content (AvgIpc) is 2.81. The van der Waals surface area contributed by atoms with Gasteiger partial charge in [-0.15, -0.1) is 0 Å². The molecule has 0 aromatic carbocycles. The van der Waals surface area contributed by atoms with Gasteiger partial charge < -0.3 is 32.3 Å². The fourth-order valence-corrected chi connectivity index (χ4v) is 3.53. The monoisotopic (exact) mass is 298 g/mol. The number of likely N-dealkylation sites (N-methyl/N-ethyl adjacent to an activating group) is 1. The van der Waals surface area contributed by atoms with E-state index >= 15 is 0 Å². The van der Waals surface area contributed by atoms with Gasteiger partial charge in [0, 0.05) is 63.4 Å². The fourth-order valence-electron chi connectivity index (χ4n) is 3.53. The zero-order chi connectivity index (χ0) is 15.0. The van der Waals surface area contributed by atoms with Crippen LogP contribution in [0.1, 0.15) is 26.2 Å². The van der Waals surface area contributed by atoms with Crippen molar-refractivity contribution in [2.24, 2.45) is 5.73 Å². The second kappa shape index (κ2) is 8.41. The molecule has 2 saturated heterocycles. The van der Waals surface area contributed by atoms with Gasteiger partial charge in [-0.25, -0.2) is 0 Å². The Kier molecular flexibility index (Phi) is 6.85. The molecule has 2 heterocycles. The number of hydrogen-bond donors (Lipinski definition) is 6. The van der Waals surface area contributed by atoms with Crippen LogP contribution in [-0.4, -0.2) is 70.0 Å². The first-order valence-electron chi connectivity index (χ1n) is 8.55. The Hall–Kier alpha value is -0.240. The molecule has 0 aliphatic carbocycles. The lowest BCUT2D eigenvalue weighted by Crippen LogP contribution is -2.57. The Labute approximate surface area is 129 Å². The molecule has 0 unspecified atom stereocenters. The predicted octanol–water partition coefficient (Wildman–Crippen LogP) is -1.41. The van der Waals surface area contributed by atoms with Crippen molar-refractivity contribution in [3.05, 3.63) is 0 Å². The van der Waals surface area contributed by atoms with E-state index < -0.39 is 0 Å². The van der Waals surface area contributed by atoms with Crippen molar-refractivity contribution < 1.29 is 0 Å². The van der Waals surface area contributed by atoms with Crippen molar-refractivity contribution in [3.8, 4) is 0 Å². The molecule has 2 aliphatic heterocycles. The fraction of sp³-hybridized carbons (Fsp3) is 1.00. The van der Waals surface area contributed by atoms with Gasteiger partial charge in [0.15, 0.2) is 0 Å². The quantitative estimate of drug-likeness (QED) is 0.361. The minimum atomic E-state index is -0.102. The van der Waals surface area contributed by atoms with Crippen LogP contribution in [0.5, 0.6) is 0 Å². The number of nitrogens with one attached hydrogen (secondary N) is 5. The van der Waals surface area contributed by atoms with Gasteiger partial charge in [-0.05, 0) is 25.8 Å². The van der Waals surface area contributed by atoms with E-state index in [0.29, 0.717) is 0 Å². The van der Waals surface area contributed by atoms with Crippen LogP contribution in [0.15, 0.2) is 0 Å². The molecule has 21 heavy (non-hydrogen) atoms. The van der Waals surface area contributed by atoms with E-state index in [0.717, 1.165) is 71.7 Å². The van der Waals surface area contributed by atoms with Crippen molar-refractivity contribution in [2.75, 3.05) is 58.9 Å². The summed E-state index contributed by atoms with van der Waals surface area (Å²) in [5, 5.41) is 17.7. The highest BCUT2D eigenvalue weighted by atomic mass is 15.1. The lowest BCUT2D eigenvalue weighted by molar-refractivity contribution is 0.272. The highest BCUT2D eigenvalue weighted by molar-refractivity contribution is 4.96. The molecule has 0 spiro atoms. The zero-order valence-corrected chi connectivity index (χ0v) is 13.6. The smallest absolute Gasteiger partial charge is 0.0432 e. The molecule has 7 N–H and O–H groups in total. The summed E-state index contributed by atoms with van der Waals surface area (Å²) in [4.78, 5) is 0. The molecule has 2 fully saturated rings. The summed E-state index contributed by atoms with van der Waals surface area (Å²) in [6.45, 7) is 11.3. The topological polar surface area (TPSA) is 86.2 Å². The van der Waals surface area contributed by atoms with E-state index in [1.54, 1.807) is 0 Å². The maximum absolute atomic E-state index is 6.55. The van der Waals surface area contributed by atoms with E-state index in [1.165, 1.54) is 6.42 Å². The first-order chi connectivity index (χ1) is 10.2. The van der Waals surface area contributed by atoms with Crippen LogP contribution in [-0.2, 0) is 0 Å². The first kappa shape index (κ1) is 17.1. The molecule has 2 aliphatic rings. The summed E-state index contributed by atoms with van der Waals surface area (Å²) in [5.41, 5.74) is 6.62. The van der Waals surface area contributed by atoms with Crippen LogP contribution >= 0.6 is 0 Å².